The smallest absolute Gasteiger partial charge is 0.333 e. The molecule has 1 aromatic rings. The number of ether oxygens (including phenoxy) is 4. The highest BCUT2D eigenvalue weighted by molar-refractivity contribution is 5.87. The van der Waals surface area contributed by atoms with Crippen LogP contribution >= 0.6 is 0 Å². The Labute approximate surface area is 337 Å². The Bertz CT molecular complexity index is 1160. The van der Waals surface area contributed by atoms with Gasteiger partial charge >= 0.3 is 11.9 Å². The molecular weight excluding hydrogens is 716 g/mol. The summed E-state index contributed by atoms with van der Waals surface area (Å²) in [5.74, 6) is 0.0360. The average molecular weight is 793 g/mol. The molecule has 0 bridgehead atoms. The minimum atomic E-state index is -1.01. The highest BCUT2D eigenvalue weighted by Gasteiger charge is 2.21. The summed E-state index contributed by atoms with van der Waals surface area (Å²) >= 11 is 0. The molecule has 0 aliphatic carbocycles. The van der Waals surface area contributed by atoms with Crippen LogP contribution in [0.25, 0.3) is 0 Å². The number of rotatable bonds is 34. The van der Waals surface area contributed by atoms with Gasteiger partial charge in [-0.15, -0.1) is 0 Å². The molecule has 1 rings (SSSR count). The predicted molar refractivity (Wildman–Crippen MR) is 221 cm³/mol. The largest absolute Gasteiger partial charge is 0.460 e. The van der Waals surface area contributed by atoms with Crippen molar-refractivity contribution in [1.29, 1.82) is 0 Å². The molecule has 6 unspecified atom stereocenters. The van der Waals surface area contributed by atoms with Crippen molar-refractivity contribution in [2.75, 3.05) is 65.8 Å². The van der Waals surface area contributed by atoms with Gasteiger partial charge in [0, 0.05) is 63.6 Å². The molecule has 0 saturated carbocycles. The summed E-state index contributed by atoms with van der Waals surface area (Å²) in [5, 5.41) is 43.6. The van der Waals surface area contributed by atoms with Crippen molar-refractivity contribution in [2.45, 2.75) is 130 Å². The maximum absolute atomic E-state index is 12.0. The van der Waals surface area contributed by atoms with Crippen molar-refractivity contribution in [2.24, 2.45) is 11.8 Å². The molecule has 12 nitrogen and oxygen atoms in total. The van der Waals surface area contributed by atoms with Crippen LogP contribution in [0.1, 0.15) is 104 Å². The SMILES string of the molecule is C=C(C)C(=O)OCC(O)CN(Cc1cccc(CN(CC(O)COCCC(CC)CCC)CC(O)COC(=O)C(=C)C)c1)CC(O)COCCC(CC)CCC. The Morgan fingerprint density at radius 1 is 0.607 bits per heavy atom. The standard InChI is InChI=1S/C44H76N2O10/c1-9-14-35(11-3)18-20-53-29-39(47)25-45(27-41(49)31-55-43(51)33(5)6)23-37-16-13-17-38(22-37)24-46(28-42(50)32-56-44(52)34(7)8)26-40(48)30-54-21-19-36(12-4)15-10-2/h13,16-17,22,35-36,39-42,47-50H,5,7,9-12,14-15,18-21,23-32H2,1-4,6,8H3. The third kappa shape index (κ3) is 24.2. The summed E-state index contributed by atoms with van der Waals surface area (Å²) in [5.41, 5.74) is 2.29. The first kappa shape index (κ1) is 51.3. The number of esters is 2. The van der Waals surface area contributed by atoms with E-state index in [2.05, 4.69) is 40.9 Å². The first-order chi connectivity index (χ1) is 26.7. The van der Waals surface area contributed by atoms with Crippen LogP contribution in [0.3, 0.4) is 0 Å². The number of carbonyl (C=O) groups excluding carboxylic acids is 2. The lowest BCUT2D eigenvalue weighted by atomic mass is 9.98. The zero-order valence-electron chi connectivity index (χ0n) is 35.5. The molecule has 0 aliphatic heterocycles. The maximum Gasteiger partial charge on any atom is 0.333 e. The van der Waals surface area contributed by atoms with Gasteiger partial charge in [-0.2, -0.15) is 0 Å². The van der Waals surface area contributed by atoms with Gasteiger partial charge < -0.3 is 39.4 Å². The maximum atomic E-state index is 12.0. The molecule has 1 aromatic carbocycles. The van der Waals surface area contributed by atoms with Crippen LogP contribution in [-0.4, -0.2) is 132 Å². The van der Waals surface area contributed by atoms with E-state index < -0.39 is 36.4 Å². The zero-order valence-corrected chi connectivity index (χ0v) is 35.5. The zero-order chi connectivity index (χ0) is 41.9. The number of aliphatic hydroxyl groups is 4. The average Bonchev–Trinajstić information content (AvgIpc) is 3.15. The minimum absolute atomic E-state index is 0.129. The van der Waals surface area contributed by atoms with Crippen molar-refractivity contribution < 1.29 is 49.0 Å². The summed E-state index contributed by atoms with van der Waals surface area (Å²) in [4.78, 5) is 27.7. The van der Waals surface area contributed by atoms with Crippen LogP contribution in [0.5, 0.6) is 0 Å². The normalized spacial score (nSPS) is 14.9. The van der Waals surface area contributed by atoms with E-state index >= 15 is 0 Å². The van der Waals surface area contributed by atoms with E-state index in [0.717, 1.165) is 62.5 Å². The first-order valence-corrected chi connectivity index (χ1v) is 20.8. The van der Waals surface area contributed by atoms with E-state index in [9.17, 15) is 30.0 Å². The van der Waals surface area contributed by atoms with Gasteiger partial charge in [0.15, 0.2) is 0 Å². The third-order valence-corrected chi connectivity index (χ3v) is 9.70. The molecule has 322 valence electrons. The predicted octanol–water partition coefficient (Wildman–Crippen LogP) is 5.44. The molecule has 0 fully saturated rings. The highest BCUT2D eigenvalue weighted by atomic mass is 16.5. The van der Waals surface area contributed by atoms with Gasteiger partial charge in [-0.3, -0.25) is 9.80 Å². The molecule has 4 N–H and O–H groups in total. The van der Waals surface area contributed by atoms with E-state index in [1.165, 1.54) is 0 Å². The number of benzene rings is 1. The Balaban J connectivity index is 3.08. The fraction of sp³-hybridized carbons (Fsp3) is 0.727. The van der Waals surface area contributed by atoms with Gasteiger partial charge in [0.25, 0.3) is 0 Å². The minimum Gasteiger partial charge on any atom is -0.460 e. The first-order valence-electron chi connectivity index (χ1n) is 20.8. The van der Waals surface area contributed by atoms with Crippen molar-refractivity contribution in [3.63, 3.8) is 0 Å². The van der Waals surface area contributed by atoms with Gasteiger partial charge in [-0.25, -0.2) is 9.59 Å². The summed E-state index contributed by atoms with van der Waals surface area (Å²) < 4.78 is 22.1. The summed E-state index contributed by atoms with van der Waals surface area (Å²) in [6.45, 7) is 21.4. The lowest BCUT2D eigenvalue weighted by Gasteiger charge is -2.29. The van der Waals surface area contributed by atoms with E-state index in [0.29, 0.717) is 38.1 Å². The van der Waals surface area contributed by atoms with Crippen LogP contribution < -0.4 is 0 Å². The van der Waals surface area contributed by atoms with Crippen molar-refractivity contribution >= 4 is 11.9 Å². The van der Waals surface area contributed by atoms with E-state index in [-0.39, 0.29) is 63.8 Å². The Hall–Kier alpha value is -2.68. The molecule has 6 atom stereocenters. The second-order valence-corrected chi connectivity index (χ2v) is 15.4. The topological polar surface area (TPSA) is 158 Å². The van der Waals surface area contributed by atoms with E-state index in [1.807, 2.05) is 34.1 Å². The van der Waals surface area contributed by atoms with Crippen LogP contribution in [-0.2, 0) is 41.6 Å². The van der Waals surface area contributed by atoms with Gasteiger partial charge in [-0.05, 0) is 49.7 Å². The quantitative estimate of drug-likeness (QED) is 0.0399. The van der Waals surface area contributed by atoms with Gasteiger partial charge in [0.05, 0.1) is 25.4 Å². The Kier molecular flexibility index (Phi) is 27.9. The molecule has 0 saturated heterocycles. The molecular formula is C44H76N2O10. The molecule has 0 amide bonds. The lowest BCUT2D eigenvalue weighted by molar-refractivity contribution is -0.143. The second-order valence-electron chi connectivity index (χ2n) is 15.4. The van der Waals surface area contributed by atoms with Gasteiger partial charge in [0.2, 0.25) is 0 Å². The second kappa shape index (κ2) is 30.4. The van der Waals surface area contributed by atoms with Crippen molar-refractivity contribution in [3.05, 3.63) is 59.7 Å². The van der Waals surface area contributed by atoms with Crippen LogP contribution in [0, 0.1) is 11.8 Å². The van der Waals surface area contributed by atoms with Crippen molar-refractivity contribution in [3.8, 4) is 0 Å². The number of carbonyl (C=O) groups is 2. The monoisotopic (exact) mass is 793 g/mol. The molecule has 0 radical (unpaired) electrons. The van der Waals surface area contributed by atoms with Gasteiger partial charge in [-0.1, -0.05) is 104 Å². The fourth-order valence-corrected chi connectivity index (χ4v) is 6.60. The van der Waals surface area contributed by atoms with Crippen LogP contribution in [0.15, 0.2) is 48.6 Å². The fourth-order valence-electron chi connectivity index (χ4n) is 6.60. The molecule has 0 aliphatic rings. The van der Waals surface area contributed by atoms with E-state index in [4.69, 9.17) is 18.9 Å². The van der Waals surface area contributed by atoms with Gasteiger partial charge in [0.1, 0.15) is 25.4 Å². The number of hydrogen-bond donors (Lipinski definition) is 4. The molecule has 0 heterocycles. The summed E-state index contributed by atoms with van der Waals surface area (Å²) in [6, 6.07) is 7.82. The lowest BCUT2D eigenvalue weighted by Crippen LogP contribution is -2.41. The van der Waals surface area contributed by atoms with Crippen LogP contribution in [0.2, 0.25) is 0 Å². The number of aliphatic hydroxyl groups excluding tert-OH is 4. The molecule has 0 aromatic heterocycles. The Morgan fingerprint density at radius 3 is 1.29 bits per heavy atom. The molecule has 56 heavy (non-hydrogen) atoms. The summed E-state index contributed by atoms with van der Waals surface area (Å²) in [7, 11) is 0. The Morgan fingerprint density at radius 2 is 0.964 bits per heavy atom. The number of nitrogens with zero attached hydrogens (tertiary/aromatic N) is 2. The third-order valence-electron chi connectivity index (χ3n) is 9.70. The van der Waals surface area contributed by atoms with Crippen LogP contribution in [0.4, 0.5) is 0 Å². The van der Waals surface area contributed by atoms with E-state index in [1.54, 1.807) is 13.8 Å². The molecule has 0 spiro atoms. The summed E-state index contributed by atoms with van der Waals surface area (Å²) in [6.07, 6.45) is 5.00. The van der Waals surface area contributed by atoms with Crippen molar-refractivity contribution in [1.82, 2.24) is 9.80 Å². The molecule has 12 heteroatoms. The highest BCUT2D eigenvalue weighted by Crippen LogP contribution is 2.17. The number of hydrogen-bond acceptors (Lipinski definition) is 12.